The molecule has 8 nitrogen and oxygen atoms in total. The van der Waals surface area contributed by atoms with Gasteiger partial charge < -0.3 is 14.4 Å². The topological polar surface area (TPSA) is 77.7 Å². The molecule has 4 rings (SSSR count). The Morgan fingerprint density at radius 1 is 1.24 bits per heavy atom. The van der Waals surface area contributed by atoms with E-state index in [1.165, 1.54) is 0 Å². The van der Waals surface area contributed by atoms with Gasteiger partial charge in [0.05, 0.1) is 18.3 Å². The fourth-order valence-corrected chi connectivity index (χ4v) is 3.15. The number of hydrogen-bond donors (Lipinski definition) is 0. The second kappa shape index (κ2) is 6.64. The van der Waals surface area contributed by atoms with Crippen LogP contribution in [0.15, 0.2) is 36.7 Å². The summed E-state index contributed by atoms with van der Waals surface area (Å²) in [7, 11) is 1.74. The van der Waals surface area contributed by atoms with Crippen molar-refractivity contribution in [3.8, 4) is 5.75 Å². The van der Waals surface area contributed by atoms with Crippen molar-refractivity contribution in [1.29, 1.82) is 0 Å². The van der Waals surface area contributed by atoms with Crippen molar-refractivity contribution in [1.82, 2.24) is 24.8 Å². The Hall–Kier alpha value is -2.74. The highest BCUT2D eigenvalue weighted by Crippen LogP contribution is 2.26. The van der Waals surface area contributed by atoms with Crippen molar-refractivity contribution >= 4 is 11.5 Å². The highest BCUT2D eigenvalue weighted by Gasteiger charge is 2.34. The van der Waals surface area contributed by atoms with E-state index in [1.54, 1.807) is 24.0 Å². The minimum Gasteiger partial charge on any atom is -0.490 e. The van der Waals surface area contributed by atoms with Crippen molar-refractivity contribution in [2.75, 3.05) is 25.2 Å². The molecule has 0 spiro atoms. The molecule has 0 unspecified atom stereocenters. The summed E-state index contributed by atoms with van der Waals surface area (Å²) < 4.78 is 13.2. The summed E-state index contributed by atoms with van der Waals surface area (Å²) in [5.74, 6) is 2.40. The van der Waals surface area contributed by atoms with Crippen molar-refractivity contribution in [3.63, 3.8) is 0 Å². The minimum atomic E-state index is 0.155. The summed E-state index contributed by atoms with van der Waals surface area (Å²) in [6, 6.07) is 7.85. The van der Waals surface area contributed by atoms with Gasteiger partial charge >= 0.3 is 0 Å². The molecular formula is C17H20N6O2. The molecule has 0 amide bonds. The maximum Gasteiger partial charge on any atom is 0.178 e. The average Bonchev–Trinajstić information content (AvgIpc) is 3.24. The van der Waals surface area contributed by atoms with Crippen LogP contribution in [0.1, 0.15) is 12.2 Å². The van der Waals surface area contributed by atoms with E-state index in [-0.39, 0.29) is 12.1 Å². The van der Waals surface area contributed by atoms with E-state index in [2.05, 4.69) is 25.2 Å². The van der Waals surface area contributed by atoms with Crippen LogP contribution in [0.5, 0.6) is 5.75 Å². The first-order valence-corrected chi connectivity index (χ1v) is 8.26. The number of hydrogen-bond acceptors (Lipinski definition) is 7. The van der Waals surface area contributed by atoms with Gasteiger partial charge in [-0.3, -0.25) is 4.98 Å². The third kappa shape index (κ3) is 3.12. The molecule has 3 aromatic rings. The van der Waals surface area contributed by atoms with Crippen LogP contribution in [0.3, 0.4) is 0 Å². The van der Waals surface area contributed by atoms with E-state index in [0.29, 0.717) is 6.61 Å². The molecule has 0 bridgehead atoms. The molecule has 2 atom stereocenters. The number of rotatable bonds is 5. The number of aromatic nitrogens is 5. The Morgan fingerprint density at radius 2 is 2.16 bits per heavy atom. The molecule has 0 N–H and O–H groups in total. The molecule has 25 heavy (non-hydrogen) atoms. The first kappa shape index (κ1) is 15.8. The van der Waals surface area contributed by atoms with Crippen LogP contribution >= 0.6 is 0 Å². The van der Waals surface area contributed by atoms with Crippen molar-refractivity contribution in [2.45, 2.75) is 25.5 Å². The largest absolute Gasteiger partial charge is 0.490 e. The molecule has 0 aromatic carbocycles. The van der Waals surface area contributed by atoms with Crippen LogP contribution in [-0.2, 0) is 4.74 Å². The van der Waals surface area contributed by atoms with E-state index < -0.39 is 0 Å². The van der Waals surface area contributed by atoms with E-state index in [1.807, 2.05) is 31.2 Å². The third-order valence-electron chi connectivity index (χ3n) is 4.49. The van der Waals surface area contributed by atoms with E-state index in [9.17, 15) is 0 Å². The maximum atomic E-state index is 5.91. The number of fused-ring (bicyclic) bond motifs is 1. The Kier molecular flexibility index (Phi) is 4.19. The highest BCUT2D eigenvalue weighted by molar-refractivity contribution is 5.47. The fraction of sp³-hybridized carbons (Fsp3) is 0.412. The molecular weight excluding hydrogens is 320 g/mol. The van der Waals surface area contributed by atoms with Crippen molar-refractivity contribution in [2.24, 2.45) is 0 Å². The van der Waals surface area contributed by atoms with Gasteiger partial charge in [-0.05, 0) is 37.6 Å². The van der Waals surface area contributed by atoms with Gasteiger partial charge in [0.1, 0.15) is 18.2 Å². The summed E-state index contributed by atoms with van der Waals surface area (Å²) in [6.45, 7) is 3.21. The van der Waals surface area contributed by atoms with E-state index >= 15 is 0 Å². The van der Waals surface area contributed by atoms with Crippen LogP contribution in [0.4, 0.5) is 5.82 Å². The second-order valence-corrected chi connectivity index (χ2v) is 6.11. The smallest absolute Gasteiger partial charge is 0.178 e. The Bertz CT molecular complexity index is 853. The Labute approximate surface area is 145 Å². The van der Waals surface area contributed by atoms with Crippen LogP contribution in [0, 0.1) is 6.92 Å². The number of nitrogens with zero attached hydrogens (tertiary/aromatic N) is 6. The summed E-state index contributed by atoms with van der Waals surface area (Å²) in [4.78, 5) is 6.31. The van der Waals surface area contributed by atoms with Gasteiger partial charge in [-0.25, -0.2) is 0 Å². The monoisotopic (exact) mass is 340 g/mol. The van der Waals surface area contributed by atoms with Crippen LogP contribution < -0.4 is 9.64 Å². The van der Waals surface area contributed by atoms with Crippen LogP contribution in [0.2, 0.25) is 0 Å². The van der Waals surface area contributed by atoms with Gasteiger partial charge in [0.2, 0.25) is 0 Å². The summed E-state index contributed by atoms with van der Waals surface area (Å²) >= 11 is 0. The van der Waals surface area contributed by atoms with Crippen molar-refractivity contribution < 1.29 is 9.47 Å². The number of aryl methyl sites for hydroxylation is 1. The fourth-order valence-electron chi connectivity index (χ4n) is 3.15. The van der Waals surface area contributed by atoms with Gasteiger partial charge in [0, 0.05) is 19.9 Å². The predicted octanol–water partition coefficient (Wildman–Crippen LogP) is 1.50. The lowest BCUT2D eigenvalue weighted by Crippen LogP contribution is -2.35. The second-order valence-electron chi connectivity index (χ2n) is 6.11. The number of pyridine rings is 1. The number of ether oxygens (including phenoxy) is 2. The normalized spacial score (nSPS) is 20.3. The predicted molar refractivity (Wildman–Crippen MR) is 91.8 cm³/mol. The zero-order chi connectivity index (χ0) is 17.2. The van der Waals surface area contributed by atoms with Crippen LogP contribution in [0.25, 0.3) is 5.65 Å². The molecule has 3 aromatic heterocycles. The minimum absolute atomic E-state index is 0.155. The first-order valence-electron chi connectivity index (χ1n) is 8.26. The highest BCUT2D eigenvalue weighted by atomic mass is 16.5. The molecule has 1 saturated heterocycles. The molecule has 130 valence electrons. The summed E-state index contributed by atoms with van der Waals surface area (Å²) in [5.41, 5.74) is 0.742. The lowest BCUT2D eigenvalue weighted by Gasteiger charge is -2.25. The summed E-state index contributed by atoms with van der Waals surface area (Å²) in [6.07, 6.45) is 4.49. The molecule has 1 aliphatic rings. The standard InChI is InChI=1S/C17H20N6O2/c1-12-19-20-16-5-6-17(21-23(12)16)22-10-15(24-2)8-13(22)11-25-14-4-3-7-18-9-14/h3-7,9,13,15H,8,10-11H2,1-2H3/t13-,15+/m0/s1. The molecule has 4 heterocycles. The molecule has 8 heteroatoms. The van der Waals surface area contributed by atoms with E-state index in [4.69, 9.17) is 9.47 Å². The number of methoxy groups -OCH3 is 1. The molecule has 0 saturated carbocycles. The first-order chi connectivity index (χ1) is 12.2. The van der Waals surface area contributed by atoms with Crippen LogP contribution in [-0.4, -0.2) is 57.2 Å². The quantitative estimate of drug-likeness (QED) is 0.696. The Balaban J connectivity index is 1.56. The van der Waals surface area contributed by atoms with Gasteiger partial charge in [-0.15, -0.1) is 15.3 Å². The van der Waals surface area contributed by atoms with Gasteiger partial charge in [-0.1, -0.05) is 0 Å². The molecule has 1 aliphatic heterocycles. The van der Waals surface area contributed by atoms with Gasteiger partial charge in [0.15, 0.2) is 11.5 Å². The molecule has 1 fully saturated rings. The average molecular weight is 340 g/mol. The SMILES string of the molecule is CO[C@@H]1C[C@@H](COc2cccnc2)N(c2ccc3nnc(C)n3n2)C1. The Morgan fingerprint density at radius 3 is 2.96 bits per heavy atom. The third-order valence-corrected chi connectivity index (χ3v) is 4.49. The van der Waals surface area contributed by atoms with Gasteiger partial charge in [-0.2, -0.15) is 4.52 Å². The zero-order valence-electron chi connectivity index (χ0n) is 14.2. The number of anilines is 1. The lowest BCUT2D eigenvalue weighted by atomic mass is 10.2. The maximum absolute atomic E-state index is 5.91. The lowest BCUT2D eigenvalue weighted by molar-refractivity contribution is 0.115. The summed E-state index contributed by atoms with van der Waals surface area (Å²) in [5, 5.41) is 12.8. The van der Waals surface area contributed by atoms with E-state index in [0.717, 1.165) is 36.0 Å². The molecule has 0 radical (unpaired) electrons. The zero-order valence-corrected chi connectivity index (χ0v) is 14.2. The van der Waals surface area contributed by atoms with Gasteiger partial charge in [0.25, 0.3) is 0 Å². The molecule has 0 aliphatic carbocycles. The van der Waals surface area contributed by atoms with Crippen molar-refractivity contribution in [3.05, 3.63) is 42.5 Å².